The number of pyridine rings is 1. The van der Waals surface area contributed by atoms with Gasteiger partial charge in [0.1, 0.15) is 5.82 Å². The number of carbonyl (C=O) groups is 1. The largest absolute Gasteiger partial charge is 0.394 e. The molecule has 18 heavy (non-hydrogen) atoms. The third-order valence-electron chi connectivity index (χ3n) is 3.17. The van der Waals surface area contributed by atoms with Gasteiger partial charge in [0.25, 0.3) is 5.91 Å². The molecule has 98 valence electrons. The van der Waals surface area contributed by atoms with E-state index >= 15 is 0 Å². The molecule has 1 unspecified atom stereocenters. The molecule has 6 heteroatoms. The molecular formula is C12H16ClN3O2. The van der Waals surface area contributed by atoms with Crippen molar-refractivity contribution in [3.8, 4) is 0 Å². The number of anilines is 1. The van der Waals surface area contributed by atoms with Crippen molar-refractivity contribution in [2.75, 3.05) is 25.5 Å². The van der Waals surface area contributed by atoms with E-state index in [4.69, 9.17) is 11.6 Å². The van der Waals surface area contributed by atoms with Gasteiger partial charge in [-0.05, 0) is 18.9 Å². The summed E-state index contributed by atoms with van der Waals surface area (Å²) < 4.78 is 0. The van der Waals surface area contributed by atoms with Crippen LogP contribution < -0.4 is 5.32 Å². The second-order valence-corrected chi connectivity index (χ2v) is 4.69. The van der Waals surface area contributed by atoms with Crippen LogP contribution in [-0.2, 0) is 0 Å². The van der Waals surface area contributed by atoms with E-state index in [0.29, 0.717) is 22.9 Å². The van der Waals surface area contributed by atoms with E-state index < -0.39 is 0 Å². The van der Waals surface area contributed by atoms with Gasteiger partial charge in [0.2, 0.25) is 0 Å². The lowest BCUT2D eigenvalue weighted by Gasteiger charge is -2.23. The van der Waals surface area contributed by atoms with Crippen LogP contribution in [0.25, 0.3) is 0 Å². The second-order valence-electron chi connectivity index (χ2n) is 4.28. The van der Waals surface area contributed by atoms with Gasteiger partial charge in [0, 0.05) is 19.8 Å². The summed E-state index contributed by atoms with van der Waals surface area (Å²) in [4.78, 5) is 18.0. The molecule has 2 N–H and O–H groups in total. The molecule has 1 aromatic rings. The number of halogens is 1. The van der Waals surface area contributed by atoms with Crippen LogP contribution in [0.15, 0.2) is 12.3 Å². The van der Waals surface area contributed by atoms with Gasteiger partial charge in [-0.1, -0.05) is 11.6 Å². The van der Waals surface area contributed by atoms with E-state index in [2.05, 4.69) is 10.3 Å². The number of nitrogens with zero attached hydrogens (tertiary/aromatic N) is 2. The summed E-state index contributed by atoms with van der Waals surface area (Å²) in [6.45, 7) is 0.678. The molecule has 0 aromatic carbocycles. The Morgan fingerprint density at radius 1 is 1.72 bits per heavy atom. The van der Waals surface area contributed by atoms with Gasteiger partial charge in [0.15, 0.2) is 0 Å². The molecule has 2 heterocycles. The molecule has 1 aliphatic rings. The molecule has 1 saturated heterocycles. The van der Waals surface area contributed by atoms with Crippen molar-refractivity contribution >= 4 is 23.3 Å². The molecule has 1 aliphatic heterocycles. The summed E-state index contributed by atoms with van der Waals surface area (Å²) in [5.74, 6) is 0.428. The molecule has 0 spiro atoms. The topological polar surface area (TPSA) is 65.5 Å². The lowest BCUT2D eigenvalue weighted by atomic mass is 10.2. The Hall–Kier alpha value is -1.33. The summed E-state index contributed by atoms with van der Waals surface area (Å²) in [5, 5.41) is 12.5. The quantitative estimate of drug-likeness (QED) is 0.870. The van der Waals surface area contributed by atoms with Crippen molar-refractivity contribution in [2.24, 2.45) is 0 Å². The molecule has 1 amide bonds. The van der Waals surface area contributed by atoms with Gasteiger partial charge in [-0.2, -0.15) is 0 Å². The highest BCUT2D eigenvalue weighted by Crippen LogP contribution is 2.23. The van der Waals surface area contributed by atoms with Gasteiger partial charge in [-0.3, -0.25) is 4.79 Å². The number of aromatic nitrogens is 1. The smallest absolute Gasteiger partial charge is 0.255 e. The SMILES string of the molecule is CNc1ncc(C(=O)N2CCCC2CO)cc1Cl. The molecule has 0 bridgehead atoms. The maximum absolute atomic E-state index is 12.3. The number of amides is 1. The Morgan fingerprint density at radius 3 is 3.11 bits per heavy atom. The lowest BCUT2D eigenvalue weighted by molar-refractivity contribution is 0.0677. The second kappa shape index (κ2) is 5.54. The van der Waals surface area contributed by atoms with Crippen LogP contribution in [-0.4, -0.2) is 47.1 Å². The number of hydrogen-bond donors (Lipinski definition) is 2. The van der Waals surface area contributed by atoms with E-state index in [9.17, 15) is 9.90 Å². The van der Waals surface area contributed by atoms with Crippen LogP contribution in [0.3, 0.4) is 0 Å². The number of carbonyl (C=O) groups excluding carboxylic acids is 1. The zero-order chi connectivity index (χ0) is 13.1. The highest BCUT2D eigenvalue weighted by molar-refractivity contribution is 6.33. The van der Waals surface area contributed by atoms with Crippen LogP contribution in [0.5, 0.6) is 0 Å². The molecule has 1 atom stereocenters. The predicted octanol–water partition coefficient (Wildman–Crippen LogP) is 1.37. The zero-order valence-electron chi connectivity index (χ0n) is 10.2. The van der Waals surface area contributed by atoms with Crippen molar-refractivity contribution in [2.45, 2.75) is 18.9 Å². The molecule has 1 fully saturated rings. The van der Waals surface area contributed by atoms with E-state index in [-0.39, 0.29) is 18.6 Å². The first-order chi connectivity index (χ1) is 8.67. The van der Waals surface area contributed by atoms with Gasteiger partial charge in [-0.15, -0.1) is 0 Å². The molecule has 5 nitrogen and oxygen atoms in total. The van der Waals surface area contributed by atoms with Gasteiger partial charge in [-0.25, -0.2) is 4.98 Å². The number of aliphatic hydroxyl groups excluding tert-OH is 1. The summed E-state index contributed by atoms with van der Waals surface area (Å²) in [7, 11) is 1.72. The van der Waals surface area contributed by atoms with Crippen LogP contribution >= 0.6 is 11.6 Å². The minimum Gasteiger partial charge on any atom is -0.394 e. The molecule has 0 saturated carbocycles. The standard InChI is InChI=1S/C12H16ClN3O2/c1-14-11-10(13)5-8(6-15-11)12(18)16-4-2-3-9(16)7-17/h5-6,9,17H,2-4,7H2,1H3,(H,14,15). The summed E-state index contributed by atoms with van der Waals surface area (Å²) in [6, 6.07) is 1.52. The Kier molecular flexibility index (Phi) is 4.04. The highest BCUT2D eigenvalue weighted by Gasteiger charge is 2.29. The first-order valence-corrected chi connectivity index (χ1v) is 6.30. The maximum Gasteiger partial charge on any atom is 0.255 e. The van der Waals surface area contributed by atoms with Crippen LogP contribution in [0.2, 0.25) is 5.02 Å². The highest BCUT2D eigenvalue weighted by atomic mass is 35.5. The number of hydrogen-bond acceptors (Lipinski definition) is 4. The van der Waals surface area contributed by atoms with Crippen molar-refractivity contribution < 1.29 is 9.90 Å². The summed E-state index contributed by atoms with van der Waals surface area (Å²) in [6.07, 6.45) is 3.28. The fourth-order valence-corrected chi connectivity index (χ4v) is 2.46. The maximum atomic E-state index is 12.3. The number of rotatable bonds is 3. The molecule has 1 aromatic heterocycles. The number of likely N-dealkylation sites (tertiary alicyclic amines) is 1. The Bertz CT molecular complexity index is 453. The molecule has 0 aliphatic carbocycles. The van der Waals surface area contributed by atoms with Crippen molar-refractivity contribution in [3.63, 3.8) is 0 Å². The fraction of sp³-hybridized carbons (Fsp3) is 0.500. The lowest BCUT2D eigenvalue weighted by Crippen LogP contribution is -2.37. The van der Waals surface area contributed by atoms with Crippen molar-refractivity contribution in [3.05, 3.63) is 22.8 Å². The van der Waals surface area contributed by atoms with Gasteiger partial charge < -0.3 is 15.3 Å². The zero-order valence-corrected chi connectivity index (χ0v) is 10.9. The average molecular weight is 270 g/mol. The number of aliphatic hydroxyl groups is 1. The molecule has 0 radical (unpaired) electrons. The molecule has 2 rings (SSSR count). The van der Waals surface area contributed by atoms with E-state index in [1.54, 1.807) is 18.0 Å². The Balaban J connectivity index is 2.21. The van der Waals surface area contributed by atoms with Crippen LogP contribution in [0.1, 0.15) is 23.2 Å². The minimum absolute atomic E-state index is 0.00149. The first kappa shape index (κ1) is 13.1. The van der Waals surface area contributed by atoms with E-state index in [0.717, 1.165) is 12.8 Å². The third-order valence-corrected chi connectivity index (χ3v) is 3.46. The monoisotopic (exact) mass is 269 g/mol. The Morgan fingerprint density at radius 2 is 2.50 bits per heavy atom. The Labute approximate surface area is 111 Å². The molecular weight excluding hydrogens is 254 g/mol. The fourth-order valence-electron chi connectivity index (χ4n) is 2.20. The first-order valence-electron chi connectivity index (χ1n) is 5.92. The minimum atomic E-state index is -0.122. The third kappa shape index (κ3) is 2.42. The van der Waals surface area contributed by atoms with E-state index in [1.165, 1.54) is 6.20 Å². The normalized spacial score (nSPS) is 19.1. The van der Waals surface area contributed by atoms with Crippen LogP contribution in [0, 0.1) is 0 Å². The van der Waals surface area contributed by atoms with E-state index in [1.807, 2.05) is 0 Å². The average Bonchev–Trinajstić information content (AvgIpc) is 2.86. The predicted molar refractivity (Wildman–Crippen MR) is 69.9 cm³/mol. The van der Waals surface area contributed by atoms with Crippen LogP contribution in [0.4, 0.5) is 5.82 Å². The number of nitrogens with one attached hydrogen (secondary N) is 1. The van der Waals surface area contributed by atoms with Crippen molar-refractivity contribution in [1.29, 1.82) is 0 Å². The van der Waals surface area contributed by atoms with Gasteiger partial charge >= 0.3 is 0 Å². The summed E-state index contributed by atoms with van der Waals surface area (Å²) in [5.41, 5.74) is 0.458. The van der Waals surface area contributed by atoms with Crippen molar-refractivity contribution in [1.82, 2.24) is 9.88 Å². The van der Waals surface area contributed by atoms with Gasteiger partial charge in [0.05, 0.1) is 23.2 Å². The summed E-state index contributed by atoms with van der Waals surface area (Å²) >= 11 is 6.01.